The minimum atomic E-state index is -0.774. The number of aromatic nitrogens is 1. The molecule has 4 rings (SSSR count). The Balaban J connectivity index is 1.99. The molecule has 1 heterocycles. The summed E-state index contributed by atoms with van der Waals surface area (Å²) < 4.78 is 6.26. The molecule has 1 aliphatic carbocycles. The molecule has 1 fully saturated rings. The van der Waals surface area contributed by atoms with Crippen LogP contribution >= 0.6 is 0 Å². The normalized spacial score (nSPS) is 14.6. The van der Waals surface area contributed by atoms with Crippen molar-refractivity contribution >= 4 is 28.2 Å². The third-order valence-electron chi connectivity index (χ3n) is 5.19. The number of fused-ring (bicyclic) bond motifs is 1. The number of nitrogens with zero attached hydrogens (tertiary/aromatic N) is 1. The van der Waals surface area contributed by atoms with Crippen molar-refractivity contribution in [2.24, 2.45) is 0 Å². The number of methoxy groups -OCH3 is 1. The SMILES string of the molecule is COC(=O)c1c(N)c2ccc(NC3CC3)cc2n(-c2ccc(C(C)O)cc2)c1=O. The predicted molar refractivity (Wildman–Crippen MR) is 113 cm³/mol. The third kappa shape index (κ3) is 3.45. The molecule has 3 aromatic rings. The summed E-state index contributed by atoms with van der Waals surface area (Å²) in [7, 11) is 1.22. The highest BCUT2D eigenvalue weighted by molar-refractivity contribution is 6.05. The number of aliphatic hydroxyl groups is 1. The van der Waals surface area contributed by atoms with E-state index in [1.165, 1.54) is 11.7 Å². The average Bonchev–Trinajstić information content (AvgIpc) is 3.52. The van der Waals surface area contributed by atoms with Gasteiger partial charge in [-0.15, -0.1) is 0 Å². The second kappa shape index (κ2) is 7.25. The molecular weight excluding hydrogens is 370 g/mol. The van der Waals surface area contributed by atoms with Crippen LogP contribution in [0.2, 0.25) is 0 Å². The Morgan fingerprint density at radius 3 is 2.52 bits per heavy atom. The molecule has 2 aromatic carbocycles. The largest absolute Gasteiger partial charge is 0.465 e. The topological polar surface area (TPSA) is 107 Å². The number of pyridine rings is 1. The van der Waals surface area contributed by atoms with Gasteiger partial charge in [0.2, 0.25) is 0 Å². The summed E-state index contributed by atoms with van der Waals surface area (Å²) in [5, 5.41) is 13.8. The molecule has 29 heavy (non-hydrogen) atoms. The van der Waals surface area contributed by atoms with Crippen molar-refractivity contribution in [3.05, 3.63) is 63.9 Å². The first-order valence-electron chi connectivity index (χ1n) is 9.52. The number of nitrogens with two attached hydrogens (primary N) is 1. The maximum Gasteiger partial charge on any atom is 0.345 e. The maximum absolute atomic E-state index is 13.3. The Morgan fingerprint density at radius 2 is 1.93 bits per heavy atom. The van der Waals surface area contributed by atoms with Gasteiger partial charge >= 0.3 is 5.97 Å². The van der Waals surface area contributed by atoms with Gasteiger partial charge in [0.25, 0.3) is 5.56 Å². The fourth-order valence-corrected chi connectivity index (χ4v) is 3.43. The van der Waals surface area contributed by atoms with E-state index in [0.29, 0.717) is 22.6 Å². The van der Waals surface area contributed by atoms with Gasteiger partial charge in [0.15, 0.2) is 0 Å². The molecule has 1 unspecified atom stereocenters. The first-order valence-corrected chi connectivity index (χ1v) is 9.52. The number of anilines is 2. The van der Waals surface area contributed by atoms with Crippen molar-refractivity contribution in [2.75, 3.05) is 18.2 Å². The van der Waals surface area contributed by atoms with Gasteiger partial charge in [-0.05, 0) is 55.7 Å². The monoisotopic (exact) mass is 393 g/mol. The molecule has 0 amide bonds. The van der Waals surface area contributed by atoms with E-state index in [4.69, 9.17) is 10.5 Å². The fourth-order valence-electron chi connectivity index (χ4n) is 3.43. The Morgan fingerprint density at radius 1 is 1.24 bits per heavy atom. The molecule has 1 saturated carbocycles. The van der Waals surface area contributed by atoms with Crippen molar-refractivity contribution in [3.63, 3.8) is 0 Å². The summed E-state index contributed by atoms with van der Waals surface area (Å²) in [5.74, 6) is -0.774. The lowest BCUT2D eigenvalue weighted by Gasteiger charge is -2.17. The second-order valence-electron chi connectivity index (χ2n) is 7.34. The lowest BCUT2D eigenvalue weighted by atomic mass is 10.1. The zero-order valence-corrected chi connectivity index (χ0v) is 16.3. The number of nitrogens with one attached hydrogen (secondary N) is 1. The van der Waals surface area contributed by atoms with Crippen LogP contribution in [-0.2, 0) is 4.74 Å². The molecule has 0 aliphatic heterocycles. The van der Waals surface area contributed by atoms with Crippen molar-refractivity contribution < 1.29 is 14.6 Å². The molecule has 0 saturated heterocycles. The van der Waals surface area contributed by atoms with E-state index < -0.39 is 17.6 Å². The molecule has 1 aliphatic rings. The summed E-state index contributed by atoms with van der Waals surface area (Å²) in [5.41, 5.74) is 8.34. The first-order chi connectivity index (χ1) is 13.9. The van der Waals surface area contributed by atoms with Gasteiger partial charge in [0.05, 0.1) is 24.4 Å². The van der Waals surface area contributed by atoms with Gasteiger partial charge in [0, 0.05) is 22.8 Å². The highest BCUT2D eigenvalue weighted by Gasteiger charge is 2.24. The fraction of sp³-hybridized carbons (Fsp3) is 0.273. The van der Waals surface area contributed by atoms with E-state index in [-0.39, 0.29) is 11.3 Å². The van der Waals surface area contributed by atoms with Crippen LogP contribution in [0.25, 0.3) is 16.6 Å². The molecule has 0 spiro atoms. The number of hydrogen-bond acceptors (Lipinski definition) is 6. The molecule has 7 nitrogen and oxygen atoms in total. The number of benzene rings is 2. The van der Waals surface area contributed by atoms with E-state index >= 15 is 0 Å². The number of carbonyl (C=O) groups is 1. The Hall–Kier alpha value is -3.32. The van der Waals surface area contributed by atoms with Gasteiger partial charge in [-0.25, -0.2) is 4.79 Å². The van der Waals surface area contributed by atoms with E-state index in [2.05, 4.69) is 5.32 Å². The van der Waals surface area contributed by atoms with Crippen molar-refractivity contribution in [1.82, 2.24) is 4.57 Å². The second-order valence-corrected chi connectivity index (χ2v) is 7.34. The predicted octanol–water partition coefficient (Wildman–Crippen LogP) is 2.99. The average molecular weight is 393 g/mol. The standard InChI is InChI=1S/C22H23N3O4/c1-12(26)13-3-8-16(9-4-13)25-18-11-15(24-14-5-6-14)7-10-17(18)20(23)19(21(25)27)22(28)29-2/h3-4,7-12,14,24,26H,5-6,23H2,1-2H3. The molecule has 4 N–H and O–H groups in total. The molecule has 0 bridgehead atoms. The van der Waals surface area contributed by atoms with Crippen LogP contribution in [0.1, 0.15) is 41.8 Å². The van der Waals surface area contributed by atoms with E-state index in [1.54, 1.807) is 31.2 Å². The van der Waals surface area contributed by atoms with Gasteiger partial charge in [-0.3, -0.25) is 9.36 Å². The van der Waals surface area contributed by atoms with E-state index in [1.807, 2.05) is 18.2 Å². The quantitative estimate of drug-likeness (QED) is 0.576. The van der Waals surface area contributed by atoms with Crippen LogP contribution < -0.4 is 16.6 Å². The Bertz CT molecular complexity index is 1150. The minimum Gasteiger partial charge on any atom is -0.465 e. The van der Waals surface area contributed by atoms with Crippen LogP contribution in [0.15, 0.2) is 47.3 Å². The van der Waals surface area contributed by atoms with Gasteiger partial charge in [-0.1, -0.05) is 12.1 Å². The molecule has 150 valence electrons. The first kappa shape index (κ1) is 19.0. The number of ether oxygens (including phenoxy) is 1. The molecular formula is C22H23N3O4. The van der Waals surface area contributed by atoms with Crippen LogP contribution in [0.4, 0.5) is 11.4 Å². The lowest BCUT2D eigenvalue weighted by Crippen LogP contribution is -2.28. The zero-order chi connectivity index (χ0) is 20.7. The highest BCUT2D eigenvalue weighted by atomic mass is 16.5. The van der Waals surface area contributed by atoms with Gasteiger partial charge < -0.3 is 20.9 Å². The van der Waals surface area contributed by atoms with Gasteiger partial charge in [0.1, 0.15) is 5.56 Å². The van der Waals surface area contributed by atoms with E-state index in [9.17, 15) is 14.7 Å². The summed E-state index contributed by atoms with van der Waals surface area (Å²) in [6, 6.07) is 13.0. The molecule has 1 aromatic heterocycles. The van der Waals surface area contributed by atoms with Crippen LogP contribution in [0, 0.1) is 0 Å². The Kier molecular flexibility index (Phi) is 4.76. The number of aliphatic hydroxyl groups excluding tert-OH is 1. The van der Waals surface area contributed by atoms with Crippen molar-refractivity contribution in [1.29, 1.82) is 0 Å². The number of esters is 1. The minimum absolute atomic E-state index is 0.103. The van der Waals surface area contributed by atoms with Crippen molar-refractivity contribution in [3.8, 4) is 5.69 Å². The summed E-state index contributed by atoms with van der Waals surface area (Å²) in [6.07, 6.45) is 1.62. The molecule has 1 atom stereocenters. The third-order valence-corrected chi connectivity index (χ3v) is 5.19. The van der Waals surface area contributed by atoms with Crippen LogP contribution in [-0.4, -0.2) is 28.8 Å². The number of carbonyl (C=O) groups excluding carboxylic acids is 1. The number of nitrogen functional groups attached to an aromatic ring is 1. The number of hydrogen-bond donors (Lipinski definition) is 3. The van der Waals surface area contributed by atoms with Crippen LogP contribution in [0.3, 0.4) is 0 Å². The van der Waals surface area contributed by atoms with Gasteiger partial charge in [-0.2, -0.15) is 0 Å². The van der Waals surface area contributed by atoms with E-state index in [0.717, 1.165) is 24.1 Å². The maximum atomic E-state index is 13.3. The van der Waals surface area contributed by atoms with Crippen molar-refractivity contribution in [2.45, 2.75) is 31.9 Å². The summed E-state index contributed by atoms with van der Waals surface area (Å²) >= 11 is 0. The summed E-state index contributed by atoms with van der Waals surface area (Å²) in [4.78, 5) is 25.6. The smallest absolute Gasteiger partial charge is 0.345 e. The molecule has 7 heteroatoms. The lowest BCUT2D eigenvalue weighted by molar-refractivity contribution is 0.0600. The Labute approximate surface area is 167 Å². The zero-order valence-electron chi connectivity index (χ0n) is 16.3. The highest BCUT2D eigenvalue weighted by Crippen LogP contribution is 2.31. The summed E-state index contributed by atoms with van der Waals surface area (Å²) in [6.45, 7) is 1.67. The number of rotatable bonds is 5. The molecule has 0 radical (unpaired) electrons. The van der Waals surface area contributed by atoms with Crippen LogP contribution in [0.5, 0.6) is 0 Å².